The molecule has 0 aliphatic carbocycles. The molecule has 10 heteroatoms. The van der Waals surface area contributed by atoms with Crippen LogP contribution in [-0.2, 0) is 26.4 Å². The second-order valence-electron chi connectivity index (χ2n) is 0.617. The molecule has 9 nitrogen and oxygen atoms in total. The summed E-state index contributed by atoms with van der Waals surface area (Å²) in [5.74, 6) is -3.65. The topological polar surface area (TPSA) is 248 Å². The standard InChI is InChI=1S/C2H2O4.Co.5H2N/c3-1(4)2(5)6;;;;;;/h(H,3,4)(H,5,6);;5*1H2/q;+3;5*-1. The van der Waals surface area contributed by atoms with Gasteiger partial charge in [-0.1, -0.05) is 0 Å². The Bertz CT molecular complexity index is 87.4. The number of hydrogen-bond donors (Lipinski definition) is 0. The minimum Gasteiger partial charge on any atom is -0.693 e. The number of aliphatic carboxylic acids is 1. The number of nitrogens with two attached hydrogens (primary N) is 5. The van der Waals surface area contributed by atoms with Crippen molar-refractivity contribution in [1.29, 1.82) is 0 Å². The van der Waals surface area contributed by atoms with Crippen molar-refractivity contribution in [2.75, 3.05) is 0 Å². The van der Waals surface area contributed by atoms with Crippen LogP contribution in [0.15, 0.2) is 0 Å². The Morgan fingerprint density at radius 2 is 1.00 bits per heavy atom. The zero-order chi connectivity index (χ0) is 5.15. The summed E-state index contributed by atoms with van der Waals surface area (Å²) in [6, 6.07) is 0. The van der Waals surface area contributed by atoms with Crippen LogP contribution in [0.1, 0.15) is 0 Å². The maximum absolute atomic E-state index is 9.15. The predicted molar refractivity (Wildman–Crippen MR) is 40.0 cm³/mol. The summed E-state index contributed by atoms with van der Waals surface area (Å²) < 4.78 is 0. The minimum absolute atomic E-state index is 0. The van der Waals surface area contributed by atoms with Crippen molar-refractivity contribution in [3.8, 4) is 0 Å². The SMILES string of the molecule is O=C([O-])C(=O)[OH2+].[Co+3].[NH2-].[NH2-].[NH2-].[NH2-].[NH2-]. The van der Waals surface area contributed by atoms with Crippen LogP contribution in [0.3, 0.4) is 0 Å². The first kappa shape index (κ1) is 65.5. The molecule has 0 fully saturated rings. The summed E-state index contributed by atoms with van der Waals surface area (Å²) in [6.07, 6.45) is 0. The average Bonchev–Trinajstić information content (AvgIpc) is 1.36. The molecule has 12 N–H and O–H groups in total. The van der Waals surface area contributed by atoms with Crippen LogP contribution >= 0.6 is 0 Å². The predicted octanol–water partition coefficient (Wildman–Crippen LogP) is 0.570. The Kier molecular flexibility index (Phi) is 174. The molecule has 0 radical (unpaired) electrons. The third-order valence-electron chi connectivity index (χ3n) is 0.185. The first-order valence-electron chi connectivity index (χ1n) is 1.11. The zero-order valence-corrected chi connectivity index (χ0v) is 6.99. The largest absolute Gasteiger partial charge is 3.00 e. The zero-order valence-electron chi connectivity index (χ0n) is 5.94. The number of carboxylic acid groups (broad SMARTS) is 1. The van der Waals surface area contributed by atoms with Gasteiger partial charge in [0.2, 0.25) is 5.97 Å². The number of hydrogen-bond acceptors (Lipinski definition) is 3. The molecule has 0 aromatic carbocycles. The smallest absolute Gasteiger partial charge is 0.693 e. The third kappa shape index (κ3) is 59.7. The van der Waals surface area contributed by atoms with Gasteiger partial charge in [-0.2, -0.15) is 0 Å². The van der Waals surface area contributed by atoms with E-state index < -0.39 is 11.9 Å². The van der Waals surface area contributed by atoms with Crippen LogP contribution in [0.25, 0.3) is 30.8 Å². The van der Waals surface area contributed by atoms with Gasteiger partial charge in [-0.25, -0.2) is 0 Å². The van der Waals surface area contributed by atoms with Crippen LogP contribution in [0, 0.1) is 0 Å². The van der Waals surface area contributed by atoms with Gasteiger partial charge in [0.05, 0.1) is 0 Å². The maximum atomic E-state index is 9.15. The van der Waals surface area contributed by atoms with E-state index in [9.17, 15) is 0 Å². The Labute approximate surface area is 80.0 Å². The van der Waals surface area contributed by atoms with Gasteiger partial charge < -0.3 is 45.8 Å². The second-order valence-corrected chi connectivity index (χ2v) is 0.617. The summed E-state index contributed by atoms with van der Waals surface area (Å²) in [5.41, 5.74) is 0. The van der Waals surface area contributed by atoms with Gasteiger partial charge in [-0.05, 0) is 0 Å². The molecule has 0 saturated heterocycles. The molecule has 0 saturated carbocycles. The van der Waals surface area contributed by atoms with E-state index in [2.05, 4.69) is 0 Å². The molecule has 0 aliphatic heterocycles. The minimum atomic E-state index is -1.96. The van der Waals surface area contributed by atoms with Crippen molar-refractivity contribution in [1.82, 2.24) is 0 Å². The maximum Gasteiger partial charge on any atom is 3.00 e. The van der Waals surface area contributed by atoms with Gasteiger partial charge >= 0.3 is 22.7 Å². The third-order valence-corrected chi connectivity index (χ3v) is 0.185. The molecule has 0 aromatic rings. The van der Waals surface area contributed by atoms with Crippen LogP contribution in [0.5, 0.6) is 0 Å². The fourth-order valence-corrected chi connectivity index (χ4v) is 0. The quantitative estimate of drug-likeness (QED) is 0.426. The van der Waals surface area contributed by atoms with Crippen molar-refractivity contribution in [2.45, 2.75) is 0 Å². The molecule has 0 aliphatic rings. The van der Waals surface area contributed by atoms with Gasteiger partial charge in [-0.3, -0.25) is 0 Å². The summed E-state index contributed by atoms with van der Waals surface area (Å²) in [5, 5.41) is 14.8. The fourth-order valence-electron chi connectivity index (χ4n) is 0. The van der Waals surface area contributed by atoms with Crippen LogP contribution in [-0.4, -0.2) is 17.0 Å². The summed E-state index contributed by atoms with van der Waals surface area (Å²) in [4.78, 5) is 18.2. The van der Waals surface area contributed by atoms with E-state index in [1.165, 1.54) is 0 Å². The molecule has 80 valence electrons. The first-order valence-corrected chi connectivity index (χ1v) is 1.11. The molecule has 0 unspecified atom stereocenters. The van der Waals surface area contributed by atoms with Crippen molar-refractivity contribution in [3.63, 3.8) is 0 Å². The van der Waals surface area contributed by atoms with Crippen LogP contribution in [0.4, 0.5) is 0 Å². The molecule has 0 bridgehead atoms. The summed E-state index contributed by atoms with van der Waals surface area (Å²) in [7, 11) is 0. The summed E-state index contributed by atoms with van der Waals surface area (Å²) in [6.45, 7) is 0. The Hall–Kier alpha value is -0.754. The van der Waals surface area contributed by atoms with Crippen molar-refractivity contribution < 1.29 is 36.6 Å². The molecule has 0 heterocycles. The van der Waals surface area contributed by atoms with Crippen LogP contribution in [0.2, 0.25) is 0 Å². The average molecular weight is 229 g/mol. The number of rotatable bonds is 0. The number of carboxylic acids is 1. The van der Waals surface area contributed by atoms with Gasteiger partial charge in [-0.15, -0.1) is 0 Å². The van der Waals surface area contributed by atoms with E-state index in [0.717, 1.165) is 0 Å². The Balaban J connectivity index is -0.00000000833. The van der Waals surface area contributed by atoms with Gasteiger partial charge in [0, 0.05) is 4.79 Å². The summed E-state index contributed by atoms with van der Waals surface area (Å²) >= 11 is 0. The van der Waals surface area contributed by atoms with Crippen molar-refractivity contribution >= 4 is 11.9 Å². The van der Waals surface area contributed by atoms with E-state index in [0.29, 0.717) is 0 Å². The first-order chi connectivity index (χ1) is 2.64. The van der Waals surface area contributed by atoms with Gasteiger partial charge in [0.1, 0.15) is 0 Å². The normalized spacial score (nSPS) is 3.67. The number of carbonyl (C=O) groups is 2. The second kappa shape index (κ2) is 31.8. The van der Waals surface area contributed by atoms with E-state index >= 15 is 0 Å². The van der Waals surface area contributed by atoms with Crippen LogP contribution < -0.4 is 5.11 Å². The Morgan fingerprint density at radius 1 is 0.917 bits per heavy atom. The molecule has 0 amide bonds. The monoisotopic (exact) mass is 229 g/mol. The number of carbonyl (C=O) groups excluding carboxylic acids is 2. The van der Waals surface area contributed by atoms with Gasteiger partial charge in [0.15, 0.2) is 0 Å². The van der Waals surface area contributed by atoms with E-state index in [4.69, 9.17) is 19.8 Å². The van der Waals surface area contributed by atoms with E-state index in [1.807, 2.05) is 0 Å². The molecule has 0 atom stereocenters. The van der Waals surface area contributed by atoms with E-state index in [-0.39, 0.29) is 47.5 Å². The fraction of sp³-hybridized carbons (Fsp3) is 0. The van der Waals surface area contributed by atoms with Crippen molar-refractivity contribution in [2.24, 2.45) is 0 Å². The van der Waals surface area contributed by atoms with Gasteiger partial charge in [0.25, 0.3) is 0 Å². The van der Waals surface area contributed by atoms with Crippen molar-refractivity contribution in [3.05, 3.63) is 30.8 Å². The molecule has 0 aromatic heterocycles. The molecule has 0 rings (SSSR count). The molecular formula is C2H12CoN5O4-2. The van der Waals surface area contributed by atoms with E-state index in [1.54, 1.807) is 0 Å². The molecule has 0 spiro atoms. The molecule has 12 heavy (non-hydrogen) atoms. The Morgan fingerprint density at radius 3 is 1.00 bits per heavy atom. The molecular weight excluding hydrogens is 217 g/mol.